The van der Waals surface area contributed by atoms with Crippen LogP contribution in [0.4, 0.5) is 0 Å². The topological polar surface area (TPSA) is 96.7 Å². The van der Waals surface area contributed by atoms with E-state index in [1.165, 1.54) is 6.20 Å². The summed E-state index contributed by atoms with van der Waals surface area (Å²) in [6, 6.07) is 9.69. The van der Waals surface area contributed by atoms with Crippen molar-refractivity contribution in [2.24, 2.45) is 5.41 Å². The molecule has 156 valence electrons. The van der Waals surface area contributed by atoms with Gasteiger partial charge in [-0.25, -0.2) is 0 Å². The fourth-order valence-corrected chi connectivity index (χ4v) is 2.89. The molecule has 0 radical (unpaired) electrons. The number of nitrogens with zero attached hydrogens (tertiary/aromatic N) is 2. The number of rotatable bonds is 10. The van der Waals surface area contributed by atoms with Crippen LogP contribution >= 0.6 is 0 Å². The second kappa shape index (κ2) is 10.4. The van der Waals surface area contributed by atoms with Crippen molar-refractivity contribution in [3.05, 3.63) is 53.9 Å². The van der Waals surface area contributed by atoms with E-state index in [4.69, 9.17) is 14.2 Å². The predicted octanol–water partition coefficient (Wildman–Crippen LogP) is 2.15. The van der Waals surface area contributed by atoms with Crippen LogP contribution in [0.3, 0.4) is 0 Å². The predicted molar refractivity (Wildman–Crippen MR) is 104 cm³/mol. The first-order chi connectivity index (χ1) is 14.0. The van der Waals surface area contributed by atoms with Crippen LogP contribution in [0.15, 0.2) is 42.7 Å². The number of hydrogen-bond acceptors (Lipinski definition) is 7. The largest absolute Gasteiger partial charge is 0.465 e. The molecule has 29 heavy (non-hydrogen) atoms. The van der Waals surface area contributed by atoms with Crippen LogP contribution in [0.25, 0.3) is 0 Å². The van der Waals surface area contributed by atoms with Gasteiger partial charge in [-0.2, -0.15) is 5.10 Å². The lowest BCUT2D eigenvalue weighted by Gasteiger charge is -2.26. The minimum atomic E-state index is -2.23. The zero-order valence-corrected chi connectivity index (χ0v) is 16.9. The second-order valence-corrected chi connectivity index (χ2v) is 6.28. The smallest absolute Gasteiger partial charge is 0.335 e. The Morgan fingerprint density at radius 3 is 1.86 bits per heavy atom. The number of esters is 3. The lowest BCUT2D eigenvalue weighted by atomic mass is 9.82. The van der Waals surface area contributed by atoms with Gasteiger partial charge in [0.25, 0.3) is 5.41 Å². The molecule has 0 aliphatic carbocycles. The highest BCUT2D eigenvalue weighted by molar-refractivity contribution is 6.18. The van der Waals surface area contributed by atoms with Gasteiger partial charge in [0.15, 0.2) is 0 Å². The zero-order chi connectivity index (χ0) is 21.3. The average molecular weight is 402 g/mol. The van der Waals surface area contributed by atoms with Gasteiger partial charge >= 0.3 is 17.9 Å². The van der Waals surface area contributed by atoms with Gasteiger partial charge in [-0.1, -0.05) is 30.3 Å². The van der Waals surface area contributed by atoms with Gasteiger partial charge in [0.1, 0.15) is 0 Å². The van der Waals surface area contributed by atoms with Crippen molar-refractivity contribution < 1.29 is 28.6 Å². The third-order valence-corrected chi connectivity index (χ3v) is 4.22. The quantitative estimate of drug-likeness (QED) is 0.341. The van der Waals surface area contributed by atoms with Gasteiger partial charge < -0.3 is 14.2 Å². The SMILES string of the molecule is CCOC(=O)C(Cc1cnn(Cc2ccccc2)c1)(C(=O)OCC)C(=O)OCC. The number of hydrogen-bond donors (Lipinski definition) is 0. The summed E-state index contributed by atoms with van der Waals surface area (Å²) < 4.78 is 16.8. The van der Waals surface area contributed by atoms with Crippen LogP contribution in [0.2, 0.25) is 0 Å². The average Bonchev–Trinajstić information content (AvgIpc) is 3.14. The third kappa shape index (κ3) is 5.22. The van der Waals surface area contributed by atoms with E-state index in [1.54, 1.807) is 31.6 Å². The molecular weight excluding hydrogens is 376 g/mol. The Bertz CT molecular complexity index is 785. The molecule has 0 bridgehead atoms. The van der Waals surface area contributed by atoms with Crippen molar-refractivity contribution in [2.45, 2.75) is 33.7 Å². The van der Waals surface area contributed by atoms with E-state index in [0.29, 0.717) is 12.1 Å². The van der Waals surface area contributed by atoms with Crippen LogP contribution in [0.5, 0.6) is 0 Å². The summed E-state index contributed by atoms with van der Waals surface area (Å²) in [5.74, 6) is -2.98. The van der Waals surface area contributed by atoms with Crippen LogP contribution in [-0.4, -0.2) is 47.5 Å². The van der Waals surface area contributed by atoms with E-state index in [0.717, 1.165) is 5.56 Å². The first kappa shape index (κ1) is 22.1. The van der Waals surface area contributed by atoms with Crippen LogP contribution in [-0.2, 0) is 41.6 Å². The second-order valence-electron chi connectivity index (χ2n) is 6.28. The summed E-state index contributed by atoms with van der Waals surface area (Å²) >= 11 is 0. The molecule has 1 aromatic carbocycles. The maximum atomic E-state index is 12.7. The molecule has 0 aliphatic heterocycles. The highest BCUT2D eigenvalue weighted by Gasteiger charge is 2.57. The number of ether oxygens (including phenoxy) is 3. The Morgan fingerprint density at radius 1 is 0.862 bits per heavy atom. The summed E-state index contributed by atoms with van der Waals surface area (Å²) in [5.41, 5.74) is -0.687. The molecule has 0 fully saturated rings. The van der Waals surface area contributed by atoms with E-state index >= 15 is 0 Å². The molecule has 0 saturated heterocycles. The molecular formula is C21H26N2O6. The Morgan fingerprint density at radius 2 is 1.38 bits per heavy atom. The standard InChI is InChI=1S/C21H26N2O6/c1-4-27-18(24)21(19(25)28-5-2,20(26)29-6-3)12-17-13-22-23(15-17)14-16-10-8-7-9-11-16/h7-11,13,15H,4-6,12,14H2,1-3H3. The lowest BCUT2D eigenvalue weighted by molar-refractivity contribution is -0.183. The van der Waals surface area contributed by atoms with E-state index in [2.05, 4.69) is 5.10 Å². The van der Waals surface area contributed by atoms with Crippen LogP contribution < -0.4 is 0 Å². The van der Waals surface area contributed by atoms with E-state index in [9.17, 15) is 14.4 Å². The molecule has 0 atom stereocenters. The number of benzene rings is 1. The van der Waals surface area contributed by atoms with Crippen LogP contribution in [0.1, 0.15) is 31.9 Å². The van der Waals surface area contributed by atoms with E-state index in [-0.39, 0.29) is 26.2 Å². The highest BCUT2D eigenvalue weighted by atomic mass is 16.6. The maximum absolute atomic E-state index is 12.7. The Labute approximate surface area is 169 Å². The van der Waals surface area contributed by atoms with Crippen molar-refractivity contribution in [3.8, 4) is 0 Å². The Hall–Kier alpha value is -3.16. The van der Waals surface area contributed by atoms with E-state index in [1.807, 2.05) is 30.3 Å². The van der Waals surface area contributed by atoms with Crippen molar-refractivity contribution >= 4 is 17.9 Å². The van der Waals surface area contributed by atoms with Gasteiger partial charge in [-0.05, 0) is 31.9 Å². The normalized spacial score (nSPS) is 11.0. The summed E-state index contributed by atoms with van der Waals surface area (Å²) in [6.45, 7) is 5.31. The number of aromatic nitrogens is 2. The lowest BCUT2D eigenvalue weighted by Crippen LogP contribution is -2.51. The first-order valence-corrected chi connectivity index (χ1v) is 9.54. The van der Waals surface area contributed by atoms with E-state index < -0.39 is 23.3 Å². The summed E-state index contributed by atoms with van der Waals surface area (Å²) in [7, 11) is 0. The third-order valence-electron chi connectivity index (χ3n) is 4.22. The minimum Gasteiger partial charge on any atom is -0.465 e. The molecule has 0 N–H and O–H groups in total. The Balaban J connectivity index is 2.36. The molecule has 0 aliphatic rings. The zero-order valence-electron chi connectivity index (χ0n) is 16.9. The van der Waals surface area contributed by atoms with Crippen LogP contribution in [0, 0.1) is 5.41 Å². The summed E-state index contributed by atoms with van der Waals surface area (Å²) in [4.78, 5) is 38.2. The maximum Gasteiger partial charge on any atom is 0.335 e. The monoisotopic (exact) mass is 402 g/mol. The summed E-state index contributed by atoms with van der Waals surface area (Å²) in [5, 5.41) is 4.27. The van der Waals surface area contributed by atoms with Crippen molar-refractivity contribution in [3.63, 3.8) is 0 Å². The Kier molecular flexibility index (Phi) is 7.94. The molecule has 8 heteroatoms. The van der Waals surface area contributed by atoms with Crippen molar-refractivity contribution in [1.29, 1.82) is 0 Å². The minimum absolute atomic E-state index is 0.00661. The fraction of sp³-hybridized carbons (Fsp3) is 0.429. The molecule has 2 rings (SSSR count). The highest BCUT2D eigenvalue weighted by Crippen LogP contribution is 2.29. The summed E-state index contributed by atoms with van der Waals surface area (Å²) in [6.07, 6.45) is 2.92. The van der Waals surface area contributed by atoms with Crippen molar-refractivity contribution in [2.75, 3.05) is 19.8 Å². The van der Waals surface area contributed by atoms with Gasteiger partial charge in [0.2, 0.25) is 0 Å². The number of carbonyl (C=O) groups is 3. The molecule has 1 heterocycles. The van der Waals surface area contributed by atoms with Crippen molar-refractivity contribution in [1.82, 2.24) is 9.78 Å². The van der Waals surface area contributed by atoms with Gasteiger partial charge in [0, 0.05) is 12.6 Å². The molecule has 2 aromatic rings. The molecule has 1 aromatic heterocycles. The first-order valence-electron chi connectivity index (χ1n) is 9.54. The van der Waals surface area contributed by atoms with Gasteiger partial charge in [0.05, 0.1) is 32.6 Å². The van der Waals surface area contributed by atoms with Gasteiger partial charge in [-0.15, -0.1) is 0 Å². The fourth-order valence-electron chi connectivity index (χ4n) is 2.89. The molecule has 0 amide bonds. The molecule has 8 nitrogen and oxygen atoms in total. The molecule has 0 spiro atoms. The molecule has 0 unspecified atom stereocenters. The number of carbonyl (C=O) groups excluding carboxylic acids is 3. The molecule has 0 saturated carbocycles. The van der Waals surface area contributed by atoms with Gasteiger partial charge in [-0.3, -0.25) is 19.1 Å².